The van der Waals surface area contributed by atoms with Crippen LogP contribution in [-0.4, -0.2) is 23.5 Å². The molecule has 0 bridgehead atoms. The topological polar surface area (TPSA) is 75.4 Å². The maximum Gasteiger partial charge on any atom is 0.258 e. The maximum atomic E-state index is 12.9. The Kier molecular flexibility index (Phi) is 5.65. The van der Waals surface area contributed by atoms with Gasteiger partial charge < -0.3 is 14.7 Å². The van der Waals surface area contributed by atoms with Crippen molar-refractivity contribution < 1.29 is 14.1 Å². The molecule has 0 aliphatic carbocycles. The van der Waals surface area contributed by atoms with Crippen LogP contribution in [0.3, 0.4) is 0 Å². The van der Waals surface area contributed by atoms with E-state index in [1.54, 1.807) is 0 Å². The molecule has 0 atom stereocenters. The highest BCUT2D eigenvalue weighted by Crippen LogP contribution is 2.31. The number of rotatable bonds is 5. The van der Waals surface area contributed by atoms with Crippen LogP contribution in [-0.2, 0) is 17.6 Å². The lowest BCUT2D eigenvalue weighted by Crippen LogP contribution is -2.35. The summed E-state index contributed by atoms with van der Waals surface area (Å²) in [7, 11) is 0. The lowest BCUT2D eigenvalue weighted by molar-refractivity contribution is -0.116. The second-order valence-electron chi connectivity index (χ2n) is 7.62. The highest BCUT2D eigenvalue weighted by Gasteiger charge is 2.24. The first-order chi connectivity index (χ1) is 14.5. The van der Waals surface area contributed by atoms with Crippen LogP contribution in [0.1, 0.15) is 45.8 Å². The lowest BCUT2D eigenvalue weighted by atomic mass is 10.00. The average molecular weight is 403 g/mol. The Labute approximate surface area is 175 Å². The van der Waals surface area contributed by atoms with Gasteiger partial charge in [0.15, 0.2) is 0 Å². The van der Waals surface area contributed by atoms with E-state index < -0.39 is 0 Å². The molecule has 1 aliphatic heterocycles. The van der Waals surface area contributed by atoms with Crippen LogP contribution in [0.2, 0.25) is 0 Å². The van der Waals surface area contributed by atoms with Gasteiger partial charge in [-0.2, -0.15) is 0 Å². The number of nitrogens with zero attached hydrogens (tertiary/aromatic N) is 2. The quantitative estimate of drug-likeness (QED) is 0.683. The molecule has 1 N–H and O–H groups in total. The minimum atomic E-state index is -0.0528. The van der Waals surface area contributed by atoms with Crippen LogP contribution in [0.5, 0.6) is 0 Å². The van der Waals surface area contributed by atoms with Crippen LogP contribution < -0.4 is 10.2 Å². The number of amides is 2. The molecule has 6 heteroatoms. The van der Waals surface area contributed by atoms with Crippen molar-refractivity contribution in [2.75, 3.05) is 16.8 Å². The van der Waals surface area contributed by atoms with E-state index in [1.807, 2.05) is 67.3 Å². The van der Waals surface area contributed by atoms with Crippen LogP contribution in [0.4, 0.5) is 11.4 Å². The number of nitrogens with one attached hydrogen (secondary N) is 1. The van der Waals surface area contributed by atoms with E-state index in [0.717, 1.165) is 46.8 Å². The summed E-state index contributed by atoms with van der Waals surface area (Å²) in [5.74, 6) is 0.716. The van der Waals surface area contributed by atoms with Crippen molar-refractivity contribution in [1.29, 1.82) is 0 Å². The van der Waals surface area contributed by atoms with E-state index in [9.17, 15) is 9.59 Å². The van der Waals surface area contributed by atoms with E-state index in [0.29, 0.717) is 24.9 Å². The number of aromatic nitrogens is 1. The molecule has 1 aliphatic rings. The van der Waals surface area contributed by atoms with Gasteiger partial charge >= 0.3 is 0 Å². The van der Waals surface area contributed by atoms with Crippen molar-refractivity contribution in [1.82, 2.24) is 5.16 Å². The third-order valence-electron chi connectivity index (χ3n) is 5.53. The highest BCUT2D eigenvalue weighted by atomic mass is 16.5. The molecule has 0 saturated heterocycles. The molecule has 154 valence electrons. The molecule has 0 saturated carbocycles. The number of carbonyl (C=O) groups is 2. The van der Waals surface area contributed by atoms with Gasteiger partial charge in [0.25, 0.3) is 5.91 Å². The van der Waals surface area contributed by atoms with Gasteiger partial charge in [0, 0.05) is 35.5 Å². The van der Waals surface area contributed by atoms with E-state index >= 15 is 0 Å². The average Bonchev–Trinajstić information content (AvgIpc) is 3.09. The molecule has 0 radical (unpaired) electrons. The summed E-state index contributed by atoms with van der Waals surface area (Å²) in [6.45, 7) is 4.44. The second-order valence-corrected chi connectivity index (χ2v) is 7.62. The van der Waals surface area contributed by atoms with Crippen LogP contribution in [0.15, 0.2) is 53.1 Å². The molecule has 30 heavy (non-hydrogen) atoms. The van der Waals surface area contributed by atoms with Gasteiger partial charge in [-0.3, -0.25) is 9.59 Å². The van der Waals surface area contributed by atoms with E-state index in [1.165, 1.54) is 0 Å². The molecule has 0 unspecified atom stereocenters. The summed E-state index contributed by atoms with van der Waals surface area (Å²) in [6, 6.07) is 15.1. The molecule has 6 nitrogen and oxygen atoms in total. The maximum absolute atomic E-state index is 12.9. The fourth-order valence-electron chi connectivity index (χ4n) is 3.94. The Morgan fingerprint density at radius 2 is 1.93 bits per heavy atom. The van der Waals surface area contributed by atoms with Crippen molar-refractivity contribution in [3.63, 3.8) is 0 Å². The van der Waals surface area contributed by atoms with Crippen molar-refractivity contribution in [3.8, 4) is 0 Å². The fraction of sp³-hybridized carbons (Fsp3) is 0.292. The van der Waals surface area contributed by atoms with Crippen LogP contribution >= 0.6 is 0 Å². The van der Waals surface area contributed by atoms with Crippen molar-refractivity contribution in [2.24, 2.45) is 0 Å². The minimum Gasteiger partial charge on any atom is -0.361 e. The standard InChI is InChI=1S/C24H25N3O3/c1-16-21(17(2)30-26-16)11-13-23(28)25-20-10-12-22-19(15-20)9-6-14-27(22)24(29)18-7-4-3-5-8-18/h3-5,7-8,10,12,15H,6,9,11,13-14H2,1-2H3,(H,25,28). The summed E-state index contributed by atoms with van der Waals surface area (Å²) >= 11 is 0. The number of carbonyl (C=O) groups excluding carboxylic acids is 2. The van der Waals surface area contributed by atoms with Gasteiger partial charge in [0.1, 0.15) is 5.76 Å². The van der Waals surface area contributed by atoms with Gasteiger partial charge in [-0.1, -0.05) is 23.4 Å². The molecule has 1 aromatic heterocycles. The summed E-state index contributed by atoms with van der Waals surface area (Å²) < 4.78 is 5.16. The predicted octanol–water partition coefficient (Wildman–Crippen LogP) is 4.46. The first-order valence-electron chi connectivity index (χ1n) is 10.2. The third-order valence-corrected chi connectivity index (χ3v) is 5.53. The van der Waals surface area contributed by atoms with Gasteiger partial charge in [-0.05, 0) is 69.0 Å². The van der Waals surface area contributed by atoms with Gasteiger partial charge in [-0.25, -0.2) is 0 Å². The number of anilines is 2. The monoisotopic (exact) mass is 403 g/mol. The Bertz CT molecular complexity index is 1050. The molecular formula is C24H25N3O3. The first kappa shape index (κ1) is 19.9. The summed E-state index contributed by atoms with van der Waals surface area (Å²) in [5.41, 5.74) is 5.26. The van der Waals surface area contributed by atoms with Crippen molar-refractivity contribution in [2.45, 2.75) is 39.5 Å². The predicted molar refractivity (Wildman–Crippen MR) is 116 cm³/mol. The number of benzene rings is 2. The zero-order valence-electron chi connectivity index (χ0n) is 17.3. The first-order valence-corrected chi connectivity index (χ1v) is 10.2. The van der Waals surface area contributed by atoms with Crippen molar-refractivity contribution >= 4 is 23.2 Å². The zero-order valence-corrected chi connectivity index (χ0v) is 17.3. The smallest absolute Gasteiger partial charge is 0.258 e. The van der Waals surface area contributed by atoms with Crippen molar-refractivity contribution in [3.05, 3.63) is 76.7 Å². The summed E-state index contributed by atoms with van der Waals surface area (Å²) in [4.78, 5) is 27.2. The van der Waals surface area contributed by atoms with Gasteiger partial charge in [0.05, 0.1) is 5.69 Å². The molecule has 3 aromatic rings. The zero-order chi connectivity index (χ0) is 21.1. The minimum absolute atomic E-state index is 0.00722. The summed E-state index contributed by atoms with van der Waals surface area (Å²) in [5, 5.41) is 6.91. The Morgan fingerprint density at radius 1 is 1.13 bits per heavy atom. The largest absolute Gasteiger partial charge is 0.361 e. The lowest BCUT2D eigenvalue weighted by Gasteiger charge is -2.30. The molecule has 2 amide bonds. The Hall–Kier alpha value is -3.41. The molecule has 2 heterocycles. The number of aryl methyl sites for hydroxylation is 3. The van der Waals surface area contributed by atoms with E-state index in [2.05, 4.69) is 10.5 Å². The SMILES string of the molecule is Cc1noc(C)c1CCC(=O)Nc1ccc2c(c1)CCCN2C(=O)c1ccccc1. The second kappa shape index (κ2) is 8.53. The van der Waals surface area contributed by atoms with Gasteiger partial charge in [-0.15, -0.1) is 0 Å². The van der Waals surface area contributed by atoms with E-state index in [4.69, 9.17) is 4.52 Å². The number of fused-ring (bicyclic) bond motifs is 1. The highest BCUT2D eigenvalue weighted by molar-refractivity contribution is 6.07. The molecule has 0 fully saturated rings. The van der Waals surface area contributed by atoms with Crippen LogP contribution in [0, 0.1) is 13.8 Å². The molecule has 0 spiro atoms. The van der Waals surface area contributed by atoms with E-state index in [-0.39, 0.29) is 11.8 Å². The third kappa shape index (κ3) is 4.13. The normalized spacial score (nSPS) is 13.1. The molecular weight excluding hydrogens is 378 g/mol. The molecule has 2 aromatic carbocycles. The number of hydrogen-bond donors (Lipinski definition) is 1. The molecule has 4 rings (SSSR count). The van der Waals surface area contributed by atoms with Gasteiger partial charge in [0.2, 0.25) is 5.91 Å². The fourth-order valence-corrected chi connectivity index (χ4v) is 3.94. The Morgan fingerprint density at radius 3 is 2.67 bits per heavy atom. The Balaban J connectivity index is 1.44. The number of hydrogen-bond acceptors (Lipinski definition) is 4. The van der Waals surface area contributed by atoms with Crippen LogP contribution in [0.25, 0.3) is 0 Å². The summed E-state index contributed by atoms with van der Waals surface area (Å²) in [6.07, 6.45) is 2.74.